The third-order valence-corrected chi connectivity index (χ3v) is 4.90. The molecule has 2 aromatic rings. The van der Waals surface area contributed by atoms with E-state index in [1.807, 2.05) is 13.2 Å². The number of hydrogen-bond acceptors (Lipinski definition) is 5. The highest BCUT2D eigenvalue weighted by atomic mass is 35.5. The van der Waals surface area contributed by atoms with Gasteiger partial charge >= 0.3 is 0 Å². The molecule has 0 saturated carbocycles. The maximum absolute atomic E-state index is 13.0. The molecule has 0 radical (unpaired) electrons. The zero-order valence-corrected chi connectivity index (χ0v) is 18.6. The lowest BCUT2D eigenvalue weighted by Gasteiger charge is -2.34. The molecule has 3 rings (SSSR count). The number of nitrogens with one attached hydrogen (secondary N) is 2. The molecule has 2 aromatic heterocycles. The Balaban J connectivity index is 0.00000210. The lowest BCUT2D eigenvalue weighted by Crippen LogP contribution is -2.47. The molecule has 11 heteroatoms. The molecule has 1 aliphatic heterocycles. The quantitative estimate of drug-likeness (QED) is 0.710. The number of halogens is 3. The predicted molar refractivity (Wildman–Crippen MR) is 117 cm³/mol. The molecular weight excluding hydrogens is 439 g/mol. The molecule has 0 aliphatic carbocycles. The number of carbonyl (C=O) groups is 2. The number of likely N-dealkylation sites (tertiary alicyclic amines) is 1. The zero-order chi connectivity index (χ0) is 19.4. The highest BCUT2D eigenvalue weighted by Gasteiger charge is 2.32. The van der Waals surface area contributed by atoms with Crippen LogP contribution in [0.15, 0.2) is 30.7 Å². The van der Waals surface area contributed by atoms with Gasteiger partial charge in [0.25, 0.3) is 0 Å². The number of pyridine rings is 1. The number of nitrogens with zero attached hydrogens (tertiary/aromatic N) is 4. The van der Waals surface area contributed by atoms with Gasteiger partial charge in [-0.05, 0) is 32.0 Å². The van der Waals surface area contributed by atoms with Gasteiger partial charge in [0, 0.05) is 38.1 Å². The van der Waals surface area contributed by atoms with Crippen LogP contribution in [-0.2, 0) is 16.6 Å². The summed E-state index contributed by atoms with van der Waals surface area (Å²) in [4.78, 5) is 31.4. The van der Waals surface area contributed by atoms with E-state index in [-0.39, 0.29) is 42.5 Å². The molecule has 1 aliphatic rings. The monoisotopic (exact) mass is 462 g/mol. The fourth-order valence-corrected chi connectivity index (χ4v) is 3.39. The van der Waals surface area contributed by atoms with E-state index in [9.17, 15) is 9.59 Å². The lowest BCUT2D eigenvalue weighted by molar-refractivity contribution is -0.136. The summed E-state index contributed by atoms with van der Waals surface area (Å²) in [7, 11) is 3.56. The van der Waals surface area contributed by atoms with Crippen molar-refractivity contribution in [2.75, 3.05) is 25.5 Å². The third-order valence-electron chi connectivity index (χ3n) is 4.68. The smallest absolute Gasteiger partial charge is 0.244 e. The molecule has 3 heterocycles. The van der Waals surface area contributed by atoms with Crippen molar-refractivity contribution in [2.45, 2.75) is 18.9 Å². The maximum atomic E-state index is 13.0. The van der Waals surface area contributed by atoms with E-state index in [1.54, 1.807) is 35.0 Å². The van der Waals surface area contributed by atoms with Crippen LogP contribution in [0, 0.1) is 5.92 Å². The van der Waals surface area contributed by atoms with E-state index in [4.69, 9.17) is 11.6 Å². The first-order valence-electron chi connectivity index (χ1n) is 8.85. The van der Waals surface area contributed by atoms with Crippen LogP contribution in [0.5, 0.6) is 0 Å². The number of likely N-dealkylation sites (N-methyl/N-ethyl adjacent to an activating group) is 1. The van der Waals surface area contributed by atoms with Crippen molar-refractivity contribution < 1.29 is 9.59 Å². The van der Waals surface area contributed by atoms with E-state index in [1.165, 1.54) is 6.20 Å². The van der Waals surface area contributed by atoms with Gasteiger partial charge in [-0.3, -0.25) is 14.3 Å². The first kappa shape index (κ1) is 25.2. The number of hydrogen-bond donors (Lipinski definition) is 2. The average molecular weight is 464 g/mol. The van der Waals surface area contributed by atoms with Crippen LogP contribution in [0.2, 0.25) is 5.02 Å². The van der Waals surface area contributed by atoms with Crippen molar-refractivity contribution in [2.24, 2.45) is 13.0 Å². The number of carbonyl (C=O) groups excluding carboxylic acids is 2. The van der Waals surface area contributed by atoms with Gasteiger partial charge < -0.3 is 15.5 Å². The van der Waals surface area contributed by atoms with Crippen molar-refractivity contribution >= 4 is 54.0 Å². The number of amides is 2. The minimum atomic E-state index is -0.474. The first-order valence-corrected chi connectivity index (χ1v) is 9.22. The molecule has 2 amide bonds. The largest absolute Gasteiger partial charge is 0.340 e. The van der Waals surface area contributed by atoms with Gasteiger partial charge in [0.15, 0.2) is 0 Å². The van der Waals surface area contributed by atoms with Gasteiger partial charge in [-0.1, -0.05) is 11.6 Å². The summed E-state index contributed by atoms with van der Waals surface area (Å²) in [6.07, 6.45) is 6.50. The molecule has 29 heavy (non-hydrogen) atoms. The third kappa shape index (κ3) is 6.30. The Morgan fingerprint density at radius 3 is 2.62 bits per heavy atom. The van der Waals surface area contributed by atoms with Gasteiger partial charge in [-0.25, -0.2) is 4.98 Å². The number of piperidine rings is 1. The second-order valence-corrected chi connectivity index (χ2v) is 7.08. The molecule has 1 fully saturated rings. The molecule has 0 aromatic carbocycles. The highest BCUT2D eigenvalue weighted by molar-refractivity contribution is 6.30. The molecule has 1 saturated heterocycles. The Kier molecular flexibility index (Phi) is 9.85. The average Bonchev–Trinajstić information content (AvgIpc) is 3.10. The number of aromatic nitrogens is 3. The fourth-order valence-electron chi connectivity index (χ4n) is 3.27. The minimum Gasteiger partial charge on any atom is -0.340 e. The van der Waals surface area contributed by atoms with Gasteiger partial charge in [0.1, 0.15) is 11.9 Å². The van der Waals surface area contributed by atoms with Gasteiger partial charge in [-0.15, -0.1) is 24.8 Å². The normalized spacial score (nSPS) is 16.9. The number of rotatable bonds is 5. The Morgan fingerprint density at radius 1 is 1.28 bits per heavy atom. The second kappa shape index (κ2) is 11.3. The van der Waals surface area contributed by atoms with Crippen molar-refractivity contribution in [3.05, 3.63) is 41.3 Å². The number of aryl methyl sites for hydroxylation is 1. The Hall–Kier alpha value is -1.87. The van der Waals surface area contributed by atoms with E-state index < -0.39 is 6.04 Å². The summed E-state index contributed by atoms with van der Waals surface area (Å²) in [5.41, 5.74) is 0.807. The fraction of sp³-hybridized carbons (Fsp3) is 0.444. The molecule has 2 unspecified atom stereocenters. The van der Waals surface area contributed by atoms with Crippen LogP contribution in [0.25, 0.3) is 0 Å². The van der Waals surface area contributed by atoms with Gasteiger partial charge in [0.05, 0.1) is 17.1 Å². The van der Waals surface area contributed by atoms with Crippen molar-refractivity contribution in [3.63, 3.8) is 0 Å². The summed E-state index contributed by atoms with van der Waals surface area (Å²) in [6, 6.07) is 2.86. The lowest BCUT2D eigenvalue weighted by atomic mass is 9.96. The standard InChI is InChI=1S/C18H23ClN6O2.2ClH/c1-20-16(13-8-22-24(2)10-13)18(27)25-7-3-4-12(11-25)17(26)23-15-6-5-14(19)9-21-15;;/h5-6,8-10,12,16,20H,3-4,7,11H2,1-2H3,(H,21,23,26);2*1H. The first-order chi connectivity index (χ1) is 13.0. The van der Waals surface area contributed by atoms with Crippen LogP contribution in [0.1, 0.15) is 24.4 Å². The second-order valence-electron chi connectivity index (χ2n) is 6.64. The Morgan fingerprint density at radius 2 is 2.03 bits per heavy atom. The van der Waals surface area contributed by atoms with Crippen LogP contribution in [-0.4, -0.2) is 51.6 Å². The Bertz CT molecular complexity index is 814. The van der Waals surface area contributed by atoms with Crippen molar-refractivity contribution in [3.8, 4) is 0 Å². The molecule has 8 nitrogen and oxygen atoms in total. The minimum absolute atomic E-state index is 0. The van der Waals surface area contributed by atoms with E-state index in [0.717, 1.165) is 18.4 Å². The van der Waals surface area contributed by atoms with E-state index in [2.05, 4.69) is 20.7 Å². The summed E-state index contributed by atoms with van der Waals surface area (Å²) in [6.45, 7) is 1.02. The topological polar surface area (TPSA) is 92.2 Å². The predicted octanol–water partition coefficient (Wildman–Crippen LogP) is 2.45. The molecule has 160 valence electrons. The Labute approximate surface area is 187 Å². The summed E-state index contributed by atoms with van der Waals surface area (Å²) in [5, 5.41) is 10.5. The zero-order valence-electron chi connectivity index (χ0n) is 16.2. The van der Waals surface area contributed by atoms with Gasteiger partial charge in [0.2, 0.25) is 11.8 Å². The van der Waals surface area contributed by atoms with Crippen LogP contribution < -0.4 is 10.6 Å². The van der Waals surface area contributed by atoms with Crippen LogP contribution >= 0.6 is 36.4 Å². The SMILES string of the molecule is CNC(C(=O)N1CCCC(C(=O)Nc2ccc(Cl)cn2)C1)c1cnn(C)c1.Cl.Cl. The van der Waals surface area contributed by atoms with Crippen LogP contribution in [0.4, 0.5) is 5.82 Å². The molecular formula is C18H25Cl3N6O2. The van der Waals surface area contributed by atoms with Crippen molar-refractivity contribution in [1.29, 1.82) is 0 Å². The van der Waals surface area contributed by atoms with Crippen molar-refractivity contribution in [1.82, 2.24) is 25.0 Å². The summed E-state index contributed by atoms with van der Waals surface area (Å²) < 4.78 is 1.67. The molecule has 0 bridgehead atoms. The maximum Gasteiger partial charge on any atom is 0.244 e. The van der Waals surface area contributed by atoms with E-state index >= 15 is 0 Å². The molecule has 2 atom stereocenters. The molecule has 0 spiro atoms. The number of anilines is 1. The van der Waals surface area contributed by atoms with Crippen LogP contribution in [0.3, 0.4) is 0 Å². The van der Waals surface area contributed by atoms with E-state index in [0.29, 0.717) is 23.9 Å². The summed E-state index contributed by atoms with van der Waals surface area (Å²) >= 11 is 5.82. The summed E-state index contributed by atoms with van der Waals surface area (Å²) in [5.74, 6) is 0.000203. The van der Waals surface area contributed by atoms with Gasteiger partial charge in [-0.2, -0.15) is 5.10 Å². The molecule has 2 N–H and O–H groups in total. The highest BCUT2D eigenvalue weighted by Crippen LogP contribution is 2.22.